The number of nitrogens with one attached hydrogen (secondary N) is 2. The lowest BCUT2D eigenvalue weighted by Crippen LogP contribution is -2.28. The van der Waals surface area contributed by atoms with Gasteiger partial charge >= 0.3 is 0 Å². The fourth-order valence-corrected chi connectivity index (χ4v) is 3.22. The maximum atomic E-state index is 11.6. The normalized spacial score (nSPS) is 11.8. The van der Waals surface area contributed by atoms with Gasteiger partial charge in [0.15, 0.2) is 0 Å². The molecular formula is C11H21N3O2S2. The molecule has 7 heteroatoms. The third-order valence-electron chi connectivity index (χ3n) is 2.45. The standard InChI is InChI=1S/C11H21N3O2S2/c1-2-12-6-3-4-8-18(15,16)14-7-5-11-9-17-10-13-11/h9-10,12,14H,2-8H2,1H3. The van der Waals surface area contributed by atoms with E-state index in [0.29, 0.717) is 19.4 Å². The zero-order chi connectivity index (χ0) is 13.3. The van der Waals surface area contributed by atoms with Crippen molar-refractivity contribution in [1.29, 1.82) is 0 Å². The van der Waals surface area contributed by atoms with Crippen LogP contribution in [-0.2, 0) is 16.4 Å². The van der Waals surface area contributed by atoms with Gasteiger partial charge in [-0.25, -0.2) is 18.1 Å². The number of aromatic nitrogens is 1. The van der Waals surface area contributed by atoms with Crippen LogP contribution >= 0.6 is 11.3 Å². The number of rotatable bonds is 10. The van der Waals surface area contributed by atoms with Crippen LogP contribution in [-0.4, -0.2) is 38.8 Å². The van der Waals surface area contributed by atoms with Gasteiger partial charge in [-0.2, -0.15) is 0 Å². The van der Waals surface area contributed by atoms with Crippen molar-refractivity contribution in [2.75, 3.05) is 25.4 Å². The molecule has 0 bridgehead atoms. The molecule has 0 aliphatic carbocycles. The molecule has 2 N–H and O–H groups in total. The molecule has 0 radical (unpaired) electrons. The monoisotopic (exact) mass is 291 g/mol. The summed E-state index contributed by atoms with van der Waals surface area (Å²) in [4.78, 5) is 4.11. The van der Waals surface area contributed by atoms with Crippen LogP contribution < -0.4 is 10.0 Å². The van der Waals surface area contributed by atoms with Crippen molar-refractivity contribution in [1.82, 2.24) is 15.0 Å². The smallest absolute Gasteiger partial charge is 0.211 e. The number of nitrogens with zero attached hydrogens (tertiary/aromatic N) is 1. The van der Waals surface area contributed by atoms with E-state index in [4.69, 9.17) is 0 Å². The summed E-state index contributed by atoms with van der Waals surface area (Å²) in [5.41, 5.74) is 2.69. The first-order chi connectivity index (χ1) is 8.64. The third-order valence-corrected chi connectivity index (χ3v) is 4.56. The van der Waals surface area contributed by atoms with Crippen molar-refractivity contribution in [2.45, 2.75) is 26.2 Å². The largest absolute Gasteiger partial charge is 0.317 e. The molecular weight excluding hydrogens is 270 g/mol. The molecule has 104 valence electrons. The van der Waals surface area contributed by atoms with E-state index in [1.54, 1.807) is 5.51 Å². The van der Waals surface area contributed by atoms with Gasteiger partial charge in [-0.3, -0.25) is 0 Å². The fourth-order valence-electron chi connectivity index (χ4n) is 1.49. The van der Waals surface area contributed by atoms with Crippen LogP contribution in [0.2, 0.25) is 0 Å². The van der Waals surface area contributed by atoms with E-state index < -0.39 is 10.0 Å². The molecule has 0 spiro atoms. The molecule has 0 amide bonds. The van der Waals surface area contributed by atoms with Gasteiger partial charge < -0.3 is 5.32 Å². The first-order valence-corrected chi connectivity index (χ1v) is 8.78. The predicted molar refractivity (Wildman–Crippen MR) is 75.4 cm³/mol. The Morgan fingerprint density at radius 1 is 1.33 bits per heavy atom. The van der Waals surface area contributed by atoms with E-state index in [0.717, 1.165) is 25.2 Å². The molecule has 0 aromatic carbocycles. The van der Waals surface area contributed by atoms with Crippen molar-refractivity contribution in [2.24, 2.45) is 0 Å². The minimum atomic E-state index is -3.12. The Hall–Kier alpha value is -0.500. The van der Waals surface area contributed by atoms with E-state index in [1.165, 1.54) is 11.3 Å². The molecule has 0 fully saturated rings. The minimum Gasteiger partial charge on any atom is -0.317 e. The van der Waals surface area contributed by atoms with E-state index in [2.05, 4.69) is 15.0 Å². The predicted octanol–water partition coefficient (Wildman–Crippen LogP) is 0.995. The average Bonchev–Trinajstić information content (AvgIpc) is 2.81. The van der Waals surface area contributed by atoms with Crippen molar-refractivity contribution in [3.05, 3.63) is 16.6 Å². The number of hydrogen-bond donors (Lipinski definition) is 2. The molecule has 1 aromatic rings. The molecule has 5 nitrogen and oxygen atoms in total. The number of unbranched alkanes of at least 4 members (excludes halogenated alkanes) is 1. The van der Waals surface area contributed by atoms with Gasteiger partial charge in [0.25, 0.3) is 0 Å². The number of hydrogen-bond acceptors (Lipinski definition) is 5. The van der Waals surface area contributed by atoms with Crippen LogP contribution in [0.5, 0.6) is 0 Å². The maximum Gasteiger partial charge on any atom is 0.211 e. The van der Waals surface area contributed by atoms with Gasteiger partial charge in [-0.05, 0) is 25.9 Å². The summed E-state index contributed by atoms with van der Waals surface area (Å²) in [5.74, 6) is 0.204. The number of sulfonamides is 1. The minimum absolute atomic E-state index is 0.204. The molecule has 0 saturated carbocycles. The van der Waals surface area contributed by atoms with Crippen LogP contribution in [0.25, 0.3) is 0 Å². The molecule has 18 heavy (non-hydrogen) atoms. The second-order valence-electron chi connectivity index (χ2n) is 4.00. The first kappa shape index (κ1) is 15.6. The highest BCUT2D eigenvalue weighted by Crippen LogP contribution is 2.01. The van der Waals surface area contributed by atoms with Crippen molar-refractivity contribution < 1.29 is 8.42 Å². The fraction of sp³-hybridized carbons (Fsp3) is 0.727. The molecule has 1 aromatic heterocycles. The van der Waals surface area contributed by atoms with E-state index in [-0.39, 0.29) is 5.75 Å². The second-order valence-corrected chi connectivity index (χ2v) is 6.65. The molecule has 0 aliphatic heterocycles. The lowest BCUT2D eigenvalue weighted by Gasteiger charge is -2.06. The Kier molecular flexibility index (Phi) is 7.41. The van der Waals surface area contributed by atoms with E-state index in [1.807, 2.05) is 12.3 Å². The van der Waals surface area contributed by atoms with Crippen molar-refractivity contribution in [3.63, 3.8) is 0 Å². The summed E-state index contributed by atoms with van der Waals surface area (Å²) in [6, 6.07) is 0. The summed E-state index contributed by atoms with van der Waals surface area (Å²) >= 11 is 1.52. The highest BCUT2D eigenvalue weighted by molar-refractivity contribution is 7.89. The molecule has 0 saturated heterocycles. The highest BCUT2D eigenvalue weighted by Gasteiger charge is 2.09. The van der Waals surface area contributed by atoms with Gasteiger partial charge in [0.1, 0.15) is 0 Å². The Morgan fingerprint density at radius 2 is 2.17 bits per heavy atom. The maximum absolute atomic E-state index is 11.6. The molecule has 1 rings (SSSR count). The lowest BCUT2D eigenvalue weighted by molar-refractivity contribution is 0.574. The third kappa shape index (κ3) is 7.05. The van der Waals surface area contributed by atoms with Crippen LogP contribution in [0, 0.1) is 0 Å². The Labute approximate surface area is 113 Å². The van der Waals surface area contributed by atoms with Crippen LogP contribution in [0.1, 0.15) is 25.5 Å². The van der Waals surface area contributed by atoms with Gasteiger partial charge in [-0.15, -0.1) is 11.3 Å². The summed E-state index contributed by atoms with van der Waals surface area (Å²) < 4.78 is 25.9. The van der Waals surface area contributed by atoms with Gasteiger partial charge in [0, 0.05) is 18.3 Å². The van der Waals surface area contributed by atoms with E-state index >= 15 is 0 Å². The van der Waals surface area contributed by atoms with Crippen LogP contribution in [0.4, 0.5) is 0 Å². The highest BCUT2D eigenvalue weighted by atomic mass is 32.2. The summed E-state index contributed by atoms with van der Waals surface area (Å²) in [5, 5.41) is 5.11. The van der Waals surface area contributed by atoms with Crippen molar-refractivity contribution >= 4 is 21.4 Å². The summed E-state index contributed by atoms with van der Waals surface area (Å²) in [7, 11) is -3.12. The van der Waals surface area contributed by atoms with Gasteiger partial charge in [-0.1, -0.05) is 6.92 Å². The molecule has 1 heterocycles. The Morgan fingerprint density at radius 3 is 2.83 bits per heavy atom. The SMILES string of the molecule is CCNCCCCS(=O)(=O)NCCc1cscn1. The summed E-state index contributed by atoms with van der Waals surface area (Å²) in [6.45, 7) is 4.28. The molecule has 0 aliphatic rings. The van der Waals surface area contributed by atoms with Crippen LogP contribution in [0.3, 0.4) is 0 Å². The zero-order valence-electron chi connectivity index (χ0n) is 10.7. The topological polar surface area (TPSA) is 71.1 Å². The quantitative estimate of drug-likeness (QED) is 0.631. The average molecular weight is 291 g/mol. The number of thiazole rings is 1. The van der Waals surface area contributed by atoms with Gasteiger partial charge in [0.05, 0.1) is 17.0 Å². The molecule has 0 atom stereocenters. The van der Waals surface area contributed by atoms with E-state index in [9.17, 15) is 8.42 Å². The van der Waals surface area contributed by atoms with Gasteiger partial charge in [0.2, 0.25) is 10.0 Å². The second kappa shape index (κ2) is 8.58. The molecule has 0 unspecified atom stereocenters. The van der Waals surface area contributed by atoms with Crippen molar-refractivity contribution in [3.8, 4) is 0 Å². The lowest BCUT2D eigenvalue weighted by atomic mass is 10.3. The summed E-state index contributed by atoms with van der Waals surface area (Å²) in [6.07, 6.45) is 2.24. The Bertz CT molecular complexity index is 404. The Balaban J connectivity index is 2.11. The first-order valence-electron chi connectivity index (χ1n) is 6.19. The van der Waals surface area contributed by atoms with Crippen LogP contribution in [0.15, 0.2) is 10.9 Å². The zero-order valence-corrected chi connectivity index (χ0v) is 12.3.